The first-order valence-corrected chi connectivity index (χ1v) is 11.0. The zero-order chi connectivity index (χ0) is 20.5. The molecular weight excluding hydrogens is 408 g/mol. The molecule has 1 heterocycles. The van der Waals surface area contributed by atoms with Gasteiger partial charge in [-0.25, -0.2) is 21.6 Å². The summed E-state index contributed by atoms with van der Waals surface area (Å²) >= 11 is 0. The van der Waals surface area contributed by atoms with Gasteiger partial charge in [0.15, 0.2) is 16.4 Å². The lowest BCUT2D eigenvalue weighted by Gasteiger charge is -2.23. The second kappa shape index (κ2) is 7.50. The minimum atomic E-state index is -4.77. The van der Waals surface area contributed by atoms with Crippen LogP contribution in [0.25, 0.3) is 0 Å². The minimum Gasteiger partial charge on any atom is -0.452 e. The van der Waals surface area contributed by atoms with E-state index in [0.29, 0.717) is 0 Å². The van der Waals surface area contributed by atoms with E-state index in [1.165, 1.54) is 0 Å². The summed E-state index contributed by atoms with van der Waals surface area (Å²) < 4.78 is 75.3. The summed E-state index contributed by atoms with van der Waals surface area (Å²) in [6.45, 7) is 0.894. The smallest absolute Gasteiger partial charge is 0.341 e. The number of amides is 1. The number of halogens is 2. The van der Waals surface area contributed by atoms with Gasteiger partial charge in [-0.3, -0.25) is 4.79 Å². The van der Waals surface area contributed by atoms with Crippen molar-refractivity contribution in [3.8, 4) is 0 Å². The lowest BCUT2D eigenvalue weighted by molar-refractivity contribution is -0.125. The van der Waals surface area contributed by atoms with Crippen molar-refractivity contribution >= 4 is 31.6 Å². The summed E-state index contributed by atoms with van der Waals surface area (Å²) in [5.41, 5.74) is -1.07. The number of carbonyl (C=O) groups is 2. The van der Waals surface area contributed by atoms with E-state index in [1.54, 1.807) is 6.92 Å². The molecule has 1 saturated heterocycles. The summed E-state index contributed by atoms with van der Waals surface area (Å²) in [6, 6.07) is 3.64. The number of sulfone groups is 2. The second-order valence-corrected chi connectivity index (χ2v) is 10.5. The van der Waals surface area contributed by atoms with Crippen LogP contribution >= 0.6 is 0 Å². The Labute approximate surface area is 154 Å². The van der Waals surface area contributed by atoms with E-state index in [-0.39, 0.29) is 23.5 Å². The number of rotatable bonds is 6. The molecule has 1 N–H and O–H groups in total. The van der Waals surface area contributed by atoms with E-state index in [9.17, 15) is 35.2 Å². The van der Waals surface area contributed by atoms with Crippen LogP contribution in [-0.4, -0.2) is 58.1 Å². The van der Waals surface area contributed by atoms with Crippen LogP contribution in [0.15, 0.2) is 29.2 Å². The SMILES string of the molecule is CC1(NC(=O)COC(=O)c2ccc(S(=O)(=O)C(F)F)cc2)CCS(=O)(=O)C1. The molecule has 0 aromatic heterocycles. The lowest BCUT2D eigenvalue weighted by atomic mass is 10.0. The molecule has 8 nitrogen and oxygen atoms in total. The van der Waals surface area contributed by atoms with Crippen molar-refractivity contribution < 1.29 is 39.9 Å². The molecule has 1 atom stereocenters. The molecule has 1 aliphatic heterocycles. The van der Waals surface area contributed by atoms with Crippen molar-refractivity contribution in [2.75, 3.05) is 18.1 Å². The highest BCUT2D eigenvalue weighted by Gasteiger charge is 2.39. The normalized spacial score (nSPS) is 21.8. The Kier molecular flexibility index (Phi) is 5.90. The third kappa shape index (κ3) is 5.22. The molecule has 0 saturated carbocycles. The van der Waals surface area contributed by atoms with Crippen molar-refractivity contribution in [2.45, 2.75) is 29.5 Å². The average Bonchev–Trinajstić information content (AvgIpc) is 2.85. The van der Waals surface area contributed by atoms with Gasteiger partial charge in [0, 0.05) is 0 Å². The Morgan fingerprint density at radius 2 is 1.85 bits per heavy atom. The van der Waals surface area contributed by atoms with E-state index in [4.69, 9.17) is 4.74 Å². The van der Waals surface area contributed by atoms with E-state index >= 15 is 0 Å². The Balaban J connectivity index is 1.93. The van der Waals surface area contributed by atoms with Crippen molar-refractivity contribution in [2.24, 2.45) is 0 Å². The molecular formula is C15H17F2NO7S2. The Morgan fingerprint density at radius 1 is 1.26 bits per heavy atom. The van der Waals surface area contributed by atoms with Gasteiger partial charge in [0.05, 0.1) is 27.5 Å². The van der Waals surface area contributed by atoms with Crippen LogP contribution in [0, 0.1) is 0 Å². The third-order valence-electron chi connectivity index (χ3n) is 3.93. The number of benzene rings is 1. The second-order valence-electron chi connectivity index (χ2n) is 6.36. The summed E-state index contributed by atoms with van der Waals surface area (Å²) in [6.07, 6.45) is 0.245. The number of alkyl halides is 2. The summed E-state index contributed by atoms with van der Waals surface area (Å²) in [7, 11) is -7.99. The zero-order valence-corrected chi connectivity index (χ0v) is 15.8. The fraction of sp³-hybridized carbons (Fsp3) is 0.467. The molecule has 1 fully saturated rings. The largest absolute Gasteiger partial charge is 0.452 e. The van der Waals surface area contributed by atoms with Crippen molar-refractivity contribution in [1.29, 1.82) is 0 Å². The molecule has 1 amide bonds. The molecule has 27 heavy (non-hydrogen) atoms. The van der Waals surface area contributed by atoms with Gasteiger partial charge in [-0.2, -0.15) is 8.78 Å². The van der Waals surface area contributed by atoms with Crippen LogP contribution in [0.5, 0.6) is 0 Å². The molecule has 1 aromatic carbocycles. The molecule has 0 spiro atoms. The highest BCUT2D eigenvalue weighted by atomic mass is 32.2. The first-order valence-electron chi connectivity index (χ1n) is 7.65. The van der Waals surface area contributed by atoms with Crippen molar-refractivity contribution in [3.63, 3.8) is 0 Å². The predicted molar refractivity (Wildman–Crippen MR) is 89.7 cm³/mol. The highest BCUT2D eigenvalue weighted by molar-refractivity contribution is 7.92. The van der Waals surface area contributed by atoms with Crippen LogP contribution in [-0.2, 0) is 29.2 Å². The standard InChI is InChI=1S/C15H17F2NO7S2/c1-15(6-7-26(21,22)9-15)18-12(19)8-25-13(20)10-2-4-11(5-3-10)27(23,24)14(16)17/h2-5,14H,6-9H2,1H3,(H,18,19). The fourth-order valence-electron chi connectivity index (χ4n) is 2.58. The number of hydrogen-bond donors (Lipinski definition) is 1. The quantitative estimate of drug-likeness (QED) is 0.660. The molecule has 2 rings (SSSR count). The van der Waals surface area contributed by atoms with Crippen molar-refractivity contribution in [3.05, 3.63) is 29.8 Å². The first kappa shape index (κ1) is 21.2. The summed E-state index contributed by atoms with van der Waals surface area (Å²) in [5.74, 6) is -5.49. The Hall–Kier alpha value is -2.08. The molecule has 12 heteroatoms. The Morgan fingerprint density at radius 3 is 2.33 bits per heavy atom. The summed E-state index contributed by atoms with van der Waals surface area (Å²) in [4.78, 5) is 23.1. The maximum Gasteiger partial charge on any atom is 0.341 e. The molecule has 0 aliphatic carbocycles. The number of ether oxygens (including phenoxy) is 1. The number of nitrogens with one attached hydrogen (secondary N) is 1. The molecule has 1 unspecified atom stereocenters. The van der Waals surface area contributed by atoms with Crippen LogP contribution in [0.4, 0.5) is 8.78 Å². The van der Waals surface area contributed by atoms with E-state index < -0.39 is 54.3 Å². The van der Waals surface area contributed by atoms with Gasteiger partial charge in [0.25, 0.3) is 5.91 Å². The van der Waals surface area contributed by atoms with Crippen LogP contribution in [0.2, 0.25) is 0 Å². The molecule has 150 valence electrons. The van der Waals surface area contributed by atoms with Crippen molar-refractivity contribution in [1.82, 2.24) is 5.32 Å². The topological polar surface area (TPSA) is 124 Å². The summed E-state index contributed by atoms with van der Waals surface area (Å²) in [5, 5.41) is 2.50. The van der Waals surface area contributed by atoms with Gasteiger partial charge >= 0.3 is 11.7 Å². The predicted octanol–water partition coefficient (Wildman–Crippen LogP) is 0.533. The monoisotopic (exact) mass is 425 g/mol. The average molecular weight is 425 g/mol. The van der Waals surface area contributed by atoms with Gasteiger partial charge in [-0.05, 0) is 37.6 Å². The fourth-order valence-corrected chi connectivity index (χ4v) is 5.39. The maximum atomic E-state index is 12.5. The van der Waals surface area contributed by atoms with Gasteiger partial charge in [0.2, 0.25) is 9.84 Å². The van der Waals surface area contributed by atoms with Gasteiger partial charge in [0.1, 0.15) is 0 Å². The van der Waals surface area contributed by atoms with Crippen LogP contribution < -0.4 is 5.32 Å². The van der Waals surface area contributed by atoms with Crippen LogP contribution in [0.3, 0.4) is 0 Å². The number of carbonyl (C=O) groups excluding carboxylic acids is 2. The number of hydrogen-bond acceptors (Lipinski definition) is 7. The van der Waals surface area contributed by atoms with Crippen LogP contribution in [0.1, 0.15) is 23.7 Å². The highest BCUT2D eigenvalue weighted by Crippen LogP contribution is 2.22. The first-order chi connectivity index (χ1) is 12.3. The van der Waals surface area contributed by atoms with Gasteiger partial charge < -0.3 is 10.1 Å². The van der Waals surface area contributed by atoms with E-state index in [0.717, 1.165) is 24.3 Å². The molecule has 1 aliphatic rings. The van der Waals surface area contributed by atoms with Gasteiger partial charge in [-0.15, -0.1) is 0 Å². The minimum absolute atomic E-state index is 0.0442. The molecule has 0 radical (unpaired) electrons. The third-order valence-corrected chi connectivity index (χ3v) is 7.23. The van der Waals surface area contributed by atoms with Gasteiger partial charge in [-0.1, -0.05) is 0 Å². The maximum absolute atomic E-state index is 12.5. The lowest BCUT2D eigenvalue weighted by Crippen LogP contribution is -2.48. The number of esters is 1. The molecule has 0 bridgehead atoms. The zero-order valence-electron chi connectivity index (χ0n) is 14.1. The Bertz CT molecular complexity index is 943. The molecule has 1 aromatic rings. The van der Waals surface area contributed by atoms with E-state index in [1.807, 2.05) is 0 Å². The van der Waals surface area contributed by atoms with E-state index in [2.05, 4.69) is 5.32 Å².